The van der Waals surface area contributed by atoms with Crippen LogP contribution in [0.15, 0.2) is 12.2 Å². The topological polar surface area (TPSA) is 169 Å². The van der Waals surface area contributed by atoms with Gasteiger partial charge in [0.1, 0.15) is 25.5 Å². The third kappa shape index (κ3) is 27.6. The smallest absolute Gasteiger partial charge is 0.306 e. The maximum absolute atomic E-state index is 12.7. The average molecular weight is 804 g/mol. The number of aliphatic hydroxyl groups excluding tert-OH is 2. The van der Waals surface area contributed by atoms with E-state index >= 15 is 0 Å². The second kappa shape index (κ2) is 30.4. The fraction of sp³-hybridized carbons (Fsp3) is 0.881. The lowest BCUT2D eigenvalue weighted by molar-refractivity contribution is -0.870. The Morgan fingerprint density at radius 1 is 0.818 bits per heavy atom. The van der Waals surface area contributed by atoms with E-state index in [9.17, 15) is 34.1 Å². The zero-order valence-corrected chi connectivity index (χ0v) is 36.0. The minimum absolute atomic E-state index is 0.0493. The van der Waals surface area contributed by atoms with Crippen molar-refractivity contribution in [2.75, 3.05) is 47.5 Å². The maximum Gasteiger partial charge on any atom is 0.306 e. The number of rotatable bonds is 35. The first-order chi connectivity index (χ1) is 26.2. The number of ether oxygens (including phenoxy) is 2. The van der Waals surface area contributed by atoms with Gasteiger partial charge in [-0.1, -0.05) is 129 Å². The lowest BCUT2D eigenvalue weighted by atomic mass is 9.88. The highest BCUT2D eigenvalue weighted by Gasteiger charge is 2.39. The van der Waals surface area contributed by atoms with Gasteiger partial charge in [-0.2, -0.15) is 0 Å². The van der Waals surface area contributed by atoms with E-state index in [0.29, 0.717) is 36.7 Å². The number of carbonyl (C=O) groups excluding carboxylic acids is 3. The number of aliphatic hydroxyl groups is 2. The number of Topliss-reactive ketones (excluding diaryl/α,β-unsaturated/α-hetero) is 1. The van der Waals surface area contributed by atoms with Gasteiger partial charge in [0.2, 0.25) is 0 Å². The lowest BCUT2D eigenvalue weighted by Gasteiger charge is -2.28. The first-order valence-electron chi connectivity index (χ1n) is 21.5. The number of esters is 2. The van der Waals surface area contributed by atoms with Gasteiger partial charge in [0, 0.05) is 31.1 Å². The first kappa shape index (κ1) is 51.4. The molecule has 0 spiro atoms. The van der Waals surface area contributed by atoms with Crippen molar-refractivity contribution in [1.29, 1.82) is 0 Å². The van der Waals surface area contributed by atoms with Crippen molar-refractivity contribution in [2.45, 2.75) is 180 Å². The van der Waals surface area contributed by atoms with Crippen molar-refractivity contribution < 1.29 is 57.1 Å². The second-order valence-electron chi connectivity index (χ2n) is 16.5. The molecule has 0 amide bonds. The van der Waals surface area contributed by atoms with Gasteiger partial charge in [-0.05, 0) is 25.7 Å². The summed E-state index contributed by atoms with van der Waals surface area (Å²) < 4.78 is 33.8. The van der Waals surface area contributed by atoms with Crippen LogP contribution in [-0.2, 0) is 37.5 Å². The Morgan fingerprint density at radius 2 is 1.36 bits per heavy atom. The lowest BCUT2D eigenvalue weighted by Crippen LogP contribution is -2.37. The number of carbonyl (C=O) groups is 3. The van der Waals surface area contributed by atoms with Crippen LogP contribution in [0.5, 0.6) is 0 Å². The van der Waals surface area contributed by atoms with Crippen molar-refractivity contribution in [3.8, 4) is 0 Å². The van der Waals surface area contributed by atoms with E-state index in [2.05, 4.69) is 13.8 Å². The average Bonchev–Trinajstić information content (AvgIpc) is 3.39. The van der Waals surface area contributed by atoms with E-state index in [1.165, 1.54) is 44.9 Å². The van der Waals surface area contributed by atoms with E-state index < -0.39 is 44.7 Å². The third-order valence-corrected chi connectivity index (χ3v) is 11.1. The largest absolute Gasteiger partial charge is 0.756 e. The predicted octanol–water partition coefficient (Wildman–Crippen LogP) is 7.75. The summed E-state index contributed by atoms with van der Waals surface area (Å²) in [5, 5.41) is 20.7. The Kier molecular flexibility index (Phi) is 28.4. The van der Waals surface area contributed by atoms with Gasteiger partial charge >= 0.3 is 11.9 Å². The summed E-state index contributed by atoms with van der Waals surface area (Å²) >= 11 is 0. The molecule has 1 unspecified atom stereocenters. The first-order valence-corrected chi connectivity index (χ1v) is 23.0. The normalized spacial score (nSPS) is 19.8. The van der Waals surface area contributed by atoms with Crippen LogP contribution < -0.4 is 4.89 Å². The maximum atomic E-state index is 12.7. The molecule has 12 nitrogen and oxygen atoms in total. The van der Waals surface area contributed by atoms with Crippen molar-refractivity contribution in [1.82, 2.24) is 0 Å². The van der Waals surface area contributed by atoms with Crippen LogP contribution in [0, 0.1) is 11.8 Å². The molecular formula is C42H78NO11P. The van der Waals surface area contributed by atoms with E-state index in [1.807, 2.05) is 27.2 Å². The number of likely N-dealkylation sites (N-methyl/N-ethyl adjacent to an activating group) is 1. The van der Waals surface area contributed by atoms with Crippen LogP contribution in [0.1, 0.15) is 162 Å². The molecular weight excluding hydrogens is 725 g/mol. The summed E-state index contributed by atoms with van der Waals surface area (Å²) in [5.74, 6) is -1.51. The van der Waals surface area contributed by atoms with Crippen LogP contribution in [0.4, 0.5) is 0 Å². The zero-order valence-electron chi connectivity index (χ0n) is 35.1. The summed E-state index contributed by atoms with van der Waals surface area (Å²) in [5.41, 5.74) is 0. The van der Waals surface area contributed by atoms with Gasteiger partial charge in [0.25, 0.3) is 7.82 Å². The Morgan fingerprint density at radius 3 is 1.96 bits per heavy atom. The Balaban J connectivity index is 2.48. The molecule has 0 saturated heterocycles. The molecule has 55 heavy (non-hydrogen) atoms. The molecule has 1 fully saturated rings. The van der Waals surface area contributed by atoms with E-state index in [1.54, 1.807) is 6.08 Å². The molecule has 0 aromatic rings. The van der Waals surface area contributed by atoms with Crippen molar-refractivity contribution >= 4 is 25.5 Å². The van der Waals surface area contributed by atoms with E-state index in [-0.39, 0.29) is 50.1 Å². The summed E-state index contributed by atoms with van der Waals surface area (Å²) in [6.45, 7) is 3.84. The molecule has 322 valence electrons. The number of hydrogen-bond acceptors (Lipinski definition) is 11. The molecule has 1 rings (SSSR count). The highest BCUT2D eigenvalue weighted by atomic mass is 31.2. The van der Waals surface area contributed by atoms with Gasteiger partial charge in [-0.3, -0.25) is 18.9 Å². The highest BCUT2D eigenvalue weighted by Crippen LogP contribution is 2.38. The number of unbranched alkanes of at least 4 members (excludes halogenated alkanes) is 15. The fourth-order valence-electron chi connectivity index (χ4n) is 6.73. The zero-order chi connectivity index (χ0) is 41.0. The van der Waals surface area contributed by atoms with Gasteiger partial charge in [0.15, 0.2) is 6.10 Å². The van der Waals surface area contributed by atoms with Crippen molar-refractivity contribution in [3.63, 3.8) is 0 Å². The number of phosphoric acid groups is 1. The van der Waals surface area contributed by atoms with Crippen LogP contribution in [-0.4, -0.2) is 98.2 Å². The van der Waals surface area contributed by atoms with Gasteiger partial charge < -0.3 is 38.1 Å². The highest BCUT2D eigenvalue weighted by molar-refractivity contribution is 7.45. The standard InChI is InChI=1S/C42H78NO11P/c1-6-8-10-11-12-13-14-15-16-17-23-27-42(48)54-36(34-53-55(49,50)52-31-30-43(3,4)5)33-51-41(47)26-22-19-18-21-25-37-38(40(46)32-39(37)45)29-28-35(44)24-20-9-7-2/h28-29,35-38,40,44,46H,6-27,30-34H2,1-5H3/b29-28+/t35-,36+,37+,38+,40+/m0/s1. The molecule has 0 radical (unpaired) electrons. The van der Waals surface area contributed by atoms with Crippen LogP contribution in [0.3, 0.4) is 0 Å². The molecule has 0 bridgehead atoms. The molecule has 0 aromatic heterocycles. The van der Waals surface area contributed by atoms with E-state index in [4.69, 9.17) is 18.5 Å². The monoisotopic (exact) mass is 804 g/mol. The van der Waals surface area contributed by atoms with Gasteiger partial charge in [-0.15, -0.1) is 0 Å². The predicted molar refractivity (Wildman–Crippen MR) is 214 cm³/mol. The fourth-order valence-corrected chi connectivity index (χ4v) is 7.46. The van der Waals surface area contributed by atoms with Gasteiger partial charge in [-0.25, -0.2) is 0 Å². The molecule has 1 aliphatic rings. The molecule has 0 aromatic carbocycles. The third-order valence-electron chi connectivity index (χ3n) is 10.2. The van der Waals surface area contributed by atoms with Gasteiger partial charge in [0.05, 0.1) is 40.0 Å². The molecule has 0 heterocycles. The number of quaternary nitrogens is 1. The molecule has 2 N–H and O–H groups in total. The Bertz CT molecular complexity index is 1110. The van der Waals surface area contributed by atoms with Crippen LogP contribution in [0.2, 0.25) is 0 Å². The van der Waals surface area contributed by atoms with Crippen molar-refractivity contribution in [2.24, 2.45) is 11.8 Å². The van der Waals surface area contributed by atoms with Crippen molar-refractivity contribution in [3.05, 3.63) is 12.2 Å². The summed E-state index contributed by atoms with van der Waals surface area (Å²) in [6.07, 6.45) is 21.4. The molecule has 1 saturated carbocycles. The SMILES string of the molecule is CCCCCCCCCCCCCC(=O)O[C@H](COC(=O)CCCCCC[C@H]1C(=O)C[C@@H](O)[C@@H]1/C=C/[C@@H](O)CCCCC)COP(=O)([O-])OCC[N+](C)(C)C. The minimum atomic E-state index is -4.68. The number of nitrogens with zero attached hydrogens (tertiary/aromatic N) is 1. The van der Waals surface area contributed by atoms with Crippen LogP contribution >= 0.6 is 7.82 Å². The molecule has 13 heteroatoms. The van der Waals surface area contributed by atoms with E-state index in [0.717, 1.165) is 57.8 Å². The molecule has 1 aliphatic carbocycles. The number of ketones is 1. The van der Waals surface area contributed by atoms with Crippen LogP contribution in [0.25, 0.3) is 0 Å². The molecule has 0 aliphatic heterocycles. The summed E-state index contributed by atoms with van der Waals surface area (Å²) in [4.78, 5) is 50.2. The molecule has 6 atom stereocenters. The number of phosphoric ester groups is 1. The summed E-state index contributed by atoms with van der Waals surface area (Å²) in [7, 11) is 1.04. The quantitative estimate of drug-likeness (QED) is 0.0211. The second-order valence-corrected chi connectivity index (χ2v) is 17.9. The summed E-state index contributed by atoms with van der Waals surface area (Å²) in [6, 6.07) is 0. The Hall–Kier alpha value is -1.66. The minimum Gasteiger partial charge on any atom is -0.756 e. The number of hydrogen-bond donors (Lipinski definition) is 2. The Labute approximate surface area is 333 Å².